The molecule has 6 nitrogen and oxygen atoms in total. The molecule has 0 saturated carbocycles. The smallest absolute Gasteiger partial charge is 0.191 e. The third kappa shape index (κ3) is 9.55. The number of rotatable bonds is 7. The number of piperidine rings is 1. The number of anilines is 1. The summed E-state index contributed by atoms with van der Waals surface area (Å²) in [7, 11) is -1.16. The van der Waals surface area contributed by atoms with Crippen LogP contribution in [0.4, 0.5) is 5.69 Å². The number of nitrogens with one attached hydrogen (secondary N) is 2. The largest absolute Gasteiger partial charge is 0.369 e. The summed E-state index contributed by atoms with van der Waals surface area (Å²) in [6.45, 7) is 8.97. The first kappa shape index (κ1) is 26.0. The van der Waals surface area contributed by atoms with Crippen molar-refractivity contribution >= 4 is 45.5 Å². The summed E-state index contributed by atoms with van der Waals surface area (Å²) >= 11 is 0. The molecule has 0 amide bonds. The molecule has 1 aromatic carbocycles. The van der Waals surface area contributed by atoms with Crippen LogP contribution in [0.5, 0.6) is 0 Å². The van der Waals surface area contributed by atoms with Gasteiger partial charge in [0.15, 0.2) is 5.96 Å². The Morgan fingerprint density at radius 2 is 1.93 bits per heavy atom. The molecular weight excluding hydrogens is 499 g/mol. The van der Waals surface area contributed by atoms with Gasteiger partial charge in [0.1, 0.15) is 9.84 Å². The van der Waals surface area contributed by atoms with Crippen LogP contribution >= 0.6 is 24.0 Å². The van der Waals surface area contributed by atoms with E-state index in [2.05, 4.69) is 65.6 Å². The van der Waals surface area contributed by atoms with Crippen molar-refractivity contribution in [2.45, 2.75) is 46.1 Å². The van der Waals surface area contributed by atoms with E-state index in [1.165, 1.54) is 17.5 Å². The van der Waals surface area contributed by atoms with Crippen LogP contribution in [-0.2, 0) is 9.84 Å². The van der Waals surface area contributed by atoms with Gasteiger partial charge >= 0.3 is 0 Å². The number of hydrogen-bond donors (Lipinski definition) is 2. The Morgan fingerprint density at radius 1 is 1.28 bits per heavy atom. The molecule has 1 aliphatic rings. The van der Waals surface area contributed by atoms with Crippen molar-refractivity contribution in [2.24, 2.45) is 10.4 Å². The zero-order chi connectivity index (χ0) is 20.8. The van der Waals surface area contributed by atoms with Crippen molar-refractivity contribution < 1.29 is 8.42 Å². The Labute approximate surface area is 193 Å². The minimum absolute atomic E-state index is 0. The maximum absolute atomic E-state index is 11.4. The van der Waals surface area contributed by atoms with E-state index in [4.69, 9.17) is 0 Å². The molecule has 29 heavy (non-hydrogen) atoms. The normalized spacial score (nSPS) is 18.2. The summed E-state index contributed by atoms with van der Waals surface area (Å²) in [5.74, 6) is 0.991. The lowest BCUT2D eigenvalue weighted by Crippen LogP contribution is -2.52. The Hall–Kier alpha value is -1.03. The number of aryl methyl sites for hydroxylation is 1. The first-order chi connectivity index (χ1) is 13.1. The standard InChI is InChI=1S/C21H36N4O2S.HI/c1-17-8-10-19(11-9-17)25-13-6-7-18(15-25)24-20(22-4)23-16-21(2,3)12-14-28(5,26)27;/h8-11,18H,6-7,12-16H2,1-5H3,(H2,22,23,24);1H. The molecule has 0 aliphatic carbocycles. The van der Waals surface area contributed by atoms with Gasteiger partial charge in [-0.3, -0.25) is 4.99 Å². The molecule has 0 aromatic heterocycles. The molecule has 0 radical (unpaired) electrons. The minimum Gasteiger partial charge on any atom is -0.369 e. The zero-order valence-electron chi connectivity index (χ0n) is 18.4. The lowest BCUT2D eigenvalue weighted by atomic mass is 9.90. The lowest BCUT2D eigenvalue weighted by molar-refractivity contribution is 0.347. The van der Waals surface area contributed by atoms with Gasteiger partial charge in [-0.25, -0.2) is 8.42 Å². The zero-order valence-corrected chi connectivity index (χ0v) is 21.5. The second-order valence-corrected chi connectivity index (χ2v) is 11.0. The fourth-order valence-electron chi connectivity index (χ4n) is 3.35. The summed E-state index contributed by atoms with van der Waals surface area (Å²) in [6, 6.07) is 9.03. The fourth-order valence-corrected chi connectivity index (χ4v) is 4.27. The lowest BCUT2D eigenvalue weighted by Gasteiger charge is -2.36. The van der Waals surface area contributed by atoms with Crippen molar-refractivity contribution in [1.82, 2.24) is 10.6 Å². The van der Waals surface area contributed by atoms with E-state index >= 15 is 0 Å². The van der Waals surface area contributed by atoms with Gasteiger partial charge in [-0.05, 0) is 43.7 Å². The molecule has 0 bridgehead atoms. The van der Waals surface area contributed by atoms with Crippen LogP contribution < -0.4 is 15.5 Å². The maximum atomic E-state index is 11.4. The molecule has 1 heterocycles. The summed E-state index contributed by atoms with van der Waals surface area (Å²) in [6.07, 6.45) is 4.17. The van der Waals surface area contributed by atoms with Crippen molar-refractivity contribution in [2.75, 3.05) is 43.6 Å². The third-order valence-corrected chi connectivity index (χ3v) is 6.21. The highest BCUT2D eigenvalue weighted by Crippen LogP contribution is 2.21. The molecule has 1 fully saturated rings. The Kier molecular flexibility index (Phi) is 10.2. The number of nitrogens with zero attached hydrogens (tertiary/aromatic N) is 2. The van der Waals surface area contributed by atoms with Gasteiger partial charge < -0.3 is 15.5 Å². The molecule has 1 aromatic rings. The van der Waals surface area contributed by atoms with Gasteiger partial charge in [0.05, 0.1) is 5.75 Å². The summed E-state index contributed by atoms with van der Waals surface area (Å²) in [5.41, 5.74) is 2.42. The second kappa shape index (κ2) is 11.4. The number of hydrogen-bond acceptors (Lipinski definition) is 4. The van der Waals surface area contributed by atoms with E-state index < -0.39 is 9.84 Å². The summed E-state index contributed by atoms with van der Waals surface area (Å²) < 4.78 is 22.9. The summed E-state index contributed by atoms with van der Waals surface area (Å²) in [4.78, 5) is 6.78. The van der Waals surface area contributed by atoms with Crippen LogP contribution in [0.25, 0.3) is 0 Å². The SMILES string of the molecule is CN=C(NCC(C)(C)CCS(C)(=O)=O)NC1CCCN(c2ccc(C)cc2)C1.I. The van der Waals surface area contributed by atoms with Crippen molar-refractivity contribution in [1.29, 1.82) is 0 Å². The monoisotopic (exact) mass is 536 g/mol. The molecule has 2 N–H and O–H groups in total. The van der Waals surface area contributed by atoms with Crippen molar-refractivity contribution in [3.63, 3.8) is 0 Å². The topological polar surface area (TPSA) is 73.8 Å². The molecule has 0 spiro atoms. The van der Waals surface area contributed by atoms with Gasteiger partial charge in [-0.15, -0.1) is 24.0 Å². The van der Waals surface area contributed by atoms with Gasteiger partial charge in [0.25, 0.3) is 0 Å². The highest BCUT2D eigenvalue weighted by atomic mass is 127. The molecule has 1 atom stereocenters. The quantitative estimate of drug-likeness (QED) is 0.318. The molecule has 1 unspecified atom stereocenters. The maximum Gasteiger partial charge on any atom is 0.191 e. The van der Waals surface area contributed by atoms with Crippen LogP contribution in [0.15, 0.2) is 29.3 Å². The van der Waals surface area contributed by atoms with Gasteiger partial charge in [0, 0.05) is 44.7 Å². The van der Waals surface area contributed by atoms with Gasteiger partial charge in [-0.2, -0.15) is 0 Å². The minimum atomic E-state index is -2.94. The van der Waals surface area contributed by atoms with Crippen molar-refractivity contribution in [3.8, 4) is 0 Å². The van der Waals surface area contributed by atoms with E-state index in [-0.39, 0.29) is 35.1 Å². The molecule has 8 heteroatoms. The van der Waals surface area contributed by atoms with Gasteiger partial charge in [0.2, 0.25) is 0 Å². The fraction of sp³-hybridized carbons (Fsp3) is 0.667. The second-order valence-electron chi connectivity index (χ2n) is 8.73. The van der Waals surface area contributed by atoms with Crippen LogP contribution in [0, 0.1) is 12.3 Å². The molecule has 1 saturated heterocycles. The highest BCUT2D eigenvalue weighted by molar-refractivity contribution is 14.0. The van der Waals surface area contributed by atoms with Crippen molar-refractivity contribution in [3.05, 3.63) is 29.8 Å². The number of aliphatic imine (C=N–C) groups is 1. The van der Waals surface area contributed by atoms with Crippen LogP contribution in [0.1, 0.15) is 38.7 Å². The number of halogens is 1. The summed E-state index contributed by atoms with van der Waals surface area (Å²) in [5, 5.41) is 6.92. The first-order valence-corrected chi connectivity index (χ1v) is 12.1. The highest BCUT2D eigenvalue weighted by Gasteiger charge is 2.23. The van der Waals surface area contributed by atoms with Crippen LogP contribution in [-0.4, -0.2) is 59.1 Å². The van der Waals surface area contributed by atoms with E-state index in [9.17, 15) is 8.42 Å². The Bertz CT molecular complexity index is 763. The van der Waals surface area contributed by atoms with E-state index in [0.29, 0.717) is 19.0 Å². The molecular formula is C21H37IN4O2S. The first-order valence-electron chi connectivity index (χ1n) is 10.0. The predicted molar refractivity (Wildman–Crippen MR) is 134 cm³/mol. The average Bonchev–Trinajstić information content (AvgIpc) is 2.64. The van der Waals surface area contributed by atoms with E-state index in [1.54, 1.807) is 7.05 Å². The number of guanidine groups is 1. The third-order valence-electron chi connectivity index (χ3n) is 5.27. The Balaban J connectivity index is 0.00000420. The Morgan fingerprint density at radius 3 is 2.52 bits per heavy atom. The van der Waals surface area contributed by atoms with E-state index in [1.807, 2.05) is 0 Å². The van der Waals surface area contributed by atoms with Crippen LogP contribution in [0.2, 0.25) is 0 Å². The average molecular weight is 537 g/mol. The number of benzene rings is 1. The molecule has 2 rings (SSSR count). The van der Waals surface area contributed by atoms with Gasteiger partial charge in [-0.1, -0.05) is 31.5 Å². The van der Waals surface area contributed by atoms with Crippen LogP contribution in [0.3, 0.4) is 0 Å². The van der Waals surface area contributed by atoms with E-state index in [0.717, 1.165) is 31.9 Å². The predicted octanol–water partition coefficient (Wildman–Crippen LogP) is 3.21. The molecule has 166 valence electrons. The molecule has 1 aliphatic heterocycles. The number of sulfone groups is 1.